The number of aromatic nitrogens is 3. The Labute approximate surface area is 70.5 Å². The van der Waals surface area contributed by atoms with E-state index in [0.29, 0.717) is 5.70 Å². The number of hydrogen-bond acceptors (Lipinski definition) is 4. The highest BCUT2D eigenvalue weighted by Crippen LogP contribution is 1.99. The predicted octanol–water partition coefficient (Wildman–Crippen LogP) is 0.162. The fraction of sp³-hybridized carbons (Fsp3) is 0.286. The first-order valence-corrected chi connectivity index (χ1v) is 3.37. The van der Waals surface area contributed by atoms with Crippen LogP contribution in [0.15, 0.2) is 18.9 Å². The molecule has 1 rings (SSSR count). The van der Waals surface area contributed by atoms with Crippen molar-refractivity contribution in [1.29, 1.82) is 5.26 Å². The SMILES string of the molecule is CN(C)/C=C(/C#N)n1cncn1. The van der Waals surface area contributed by atoms with Crippen LogP contribution in [0.5, 0.6) is 0 Å². The van der Waals surface area contributed by atoms with Gasteiger partial charge in [-0.3, -0.25) is 0 Å². The van der Waals surface area contributed by atoms with Crippen molar-refractivity contribution in [3.05, 3.63) is 18.9 Å². The summed E-state index contributed by atoms with van der Waals surface area (Å²) in [5, 5.41) is 12.5. The Kier molecular flexibility index (Phi) is 2.43. The molecule has 0 aliphatic heterocycles. The van der Waals surface area contributed by atoms with Gasteiger partial charge < -0.3 is 4.90 Å². The molecular formula is C7H9N5. The lowest BCUT2D eigenvalue weighted by atomic mass is 10.5. The number of rotatable bonds is 2. The fourth-order valence-electron chi connectivity index (χ4n) is 0.716. The van der Waals surface area contributed by atoms with Gasteiger partial charge in [-0.05, 0) is 0 Å². The molecule has 0 aliphatic carbocycles. The van der Waals surface area contributed by atoms with Crippen LogP contribution in [0, 0.1) is 11.3 Å². The third-order valence-corrected chi connectivity index (χ3v) is 1.16. The summed E-state index contributed by atoms with van der Waals surface area (Å²) in [6.07, 6.45) is 4.55. The van der Waals surface area contributed by atoms with E-state index in [0.717, 1.165) is 0 Å². The Hall–Kier alpha value is -1.83. The summed E-state index contributed by atoms with van der Waals surface area (Å²) in [7, 11) is 3.68. The van der Waals surface area contributed by atoms with Crippen molar-refractivity contribution in [3.8, 4) is 6.07 Å². The lowest BCUT2D eigenvalue weighted by Crippen LogP contribution is -2.05. The van der Waals surface area contributed by atoms with Crippen LogP contribution in [0.3, 0.4) is 0 Å². The largest absolute Gasteiger partial charge is 0.381 e. The second-order valence-corrected chi connectivity index (χ2v) is 2.43. The topological polar surface area (TPSA) is 57.7 Å². The lowest BCUT2D eigenvalue weighted by molar-refractivity contribution is 0.562. The van der Waals surface area contributed by atoms with Crippen molar-refractivity contribution in [2.45, 2.75) is 0 Å². The Balaban J connectivity index is 2.93. The minimum atomic E-state index is 0.442. The van der Waals surface area contributed by atoms with Crippen molar-refractivity contribution in [1.82, 2.24) is 19.7 Å². The molecule has 0 atom stereocenters. The Morgan fingerprint density at radius 1 is 1.67 bits per heavy atom. The minimum absolute atomic E-state index is 0.442. The smallest absolute Gasteiger partial charge is 0.159 e. The highest BCUT2D eigenvalue weighted by Gasteiger charge is 1.98. The van der Waals surface area contributed by atoms with Crippen LogP contribution >= 0.6 is 0 Å². The first kappa shape index (κ1) is 8.27. The molecule has 0 fully saturated rings. The molecular weight excluding hydrogens is 154 g/mol. The summed E-state index contributed by atoms with van der Waals surface area (Å²) in [5.41, 5.74) is 0.442. The van der Waals surface area contributed by atoms with E-state index >= 15 is 0 Å². The number of nitriles is 1. The first-order valence-electron chi connectivity index (χ1n) is 3.37. The average molecular weight is 163 g/mol. The highest BCUT2D eigenvalue weighted by atomic mass is 15.3. The molecule has 12 heavy (non-hydrogen) atoms. The maximum Gasteiger partial charge on any atom is 0.159 e. The van der Waals surface area contributed by atoms with E-state index in [4.69, 9.17) is 5.26 Å². The molecule has 0 bridgehead atoms. The third kappa shape index (κ3) is 1.83. The van der Waals surface area contributed by atoms with Gasteiger partial charge in [-0.1, -0.05) is 0 Å². The molecule has 0 saturated carbocycles. The molecule has 62 valence electrons. The molecule has 0 unspecified atom stereocenters. The number of hydrogen-bond donors (Lipinski definition) is 0. The predicted molar refractivity (Wildman–Crippen MR) is 43.6 cm³/mol. The molecule has 1 aromatic rings. The molecule has 0 aromatic carbocycles. The molecule has 0 radical (unpaired) electrons. The second-order valence-electron chi connectivity index (χ2n) is 2.43. The summed E-state index contributed by atoms with van der Waals surface area (Å²) in [6.45, 7) is 0. The molecule has 5 nitrogen and oxygen atoms in total. The normalized spacial score (nSPS) is 10.9. The number of nitrogens with zero attached hydrogens (tertiary/aromatic N) is 5. The van der Waals surface area contributed by atoms with Crippen LogP contribution in [-0.2, 0) is 0 Å². The standard InChI is InChI=1S/C7H9N5/c1-11(2)4-7(3-8)12-6-9-5-10-12/h4-6H,1-2H3/b7-4-. The van der Waals surface area contributed by atoms with Crippen molar-refractivity contribution in [2.75, 3.05) is 14.1 Å². The quantitative estimate of drug-likeness (QED) is 0.583. The van der Waals surface area contributed by atoms with E-state index in [1.54, 1.807) is 11.1 Å². The molecule has 0 aliphatic rings. The molecule has 0 N–H and O–H groups in total. The van der Waals surface area contributed by atoms with E-state index in [1.807, 2.05) is 20.2 Å². The van der Waals surface area contributed by atoms with Crippen LogP contribution in [0.1, 0.15) is 0 Å². The monoisotopic (exact) mass is 163 g/mol. The van der Waals surface area contributed by atoms with E-state index < -0.39 is 0 Å². The van der Waals surface area contributed by atoms with Crippen LogP contribution in [0.4, 0.5) is 0 Å². The zero-order valence-electron chi connectivity index (χ0n) is 6.97. The van der Waals surface area contributed by atoms with Crippen molar-refractivity contribution < 1.29 is 0 Å². The minimum Gasteiger partial charge on any atom is -0.381 e. The van der Waals surface area contributed by atoms with Crippen molar-refractivity contribution in [3.63, 3.8) is 0 Å². The van der Waals surface area contributed by atoms with Gasteiger partial charge in [0.2, 0.25) is 0 Å². The maximum absolute atomic E-state index is 8.71. The zero-order valence-corrected chi connectivity index (χ0v) is 6.97. The van der Waals surface area contributed by atoms with Gasteiger partial charge in [0.05, 0.1) is 0 Å². The third-order valence-electron chi connectivity index (χ3n) is 1.16. The summed E-state index contributed by atoms with van der Waals surface area (Å²) in [4.78, 5) is 5.52. The van der Waals surface area contributed by atoms with Gasteiger partial charge in [-0.15, -0.1) is 0 Å². The van der Waals surface area contributed by atoms with Crippen LogP contribution < -0.4 is 0 Å². The Bertz CT molecular complexity index is 303. The average Bonchev–Trinajstić information content (AvgIpc) is 2.51. The molecule has 1 heterocycles. The van der Waals surface area contributed by atoms with Gasteiger partial charge in [0.1, 0.15) is 18.7 Å². The van der Waals surface area contributed by atoms with Crippen molar-refractivity contribution in [2.24, 2.45) is 0 Å². The van der Waals surface area contributed by atoms with E-state index in [1.165, 1.54) is 17.3 Å². The highest BCUT2D eigenvalue weighted by molar-refractivity contribution is 5.58. The van der Waals surface area contributed by atoms with Crippen LogP contribution in [0.2, 0.25) is 0 Å². The molecule has 5 heteroatoms. The Morgan fingerprint density at radius 3 is 2.83 bits per heavy atom. The summed E-state index contributed by atoms with van der Waals surface area (Å²) in [6, 6.07) is 2.02. The lowest BCUT2D eigenvalue weighted by Gasteiger charge is -2.05. The first-order chi connectivity index (χ1) is 5.74. The Morgan fingerprint density at radius 2 is 2.42 bits per heavy atom. The van der Waals surface area contributed by atoms with Gasteiger partial charge in [0, 0.05) is 20.3 Å². The molecule has 0 spiro atoms. The van der Waals surface area contributed by atoms with Gasteiger partial charge >= 0.3 is 0 Å². The fourth-order valence-corrected chi connectivity index (χ4v) is 0.716. The van der Waals surface area contributed by atoms with E-state index in [-0.39, 0.29) is 0 Å². The number of allylic oxidation sites excluding steroid dienone is 1. The second kappa shape index (κ2) is 3.53. The van der Waals surface area contributed by atoms with Crippen molar-refractivity contribution >= 4 is 5.70 Å². The van der Waals surface area contributed by atoms with E-state index in [2.05, 4.69) is 10.1 Å². The zero-order chi connectivity index (χ0) is 8.97. The van der Waals surface area contributed by atoms with Gasteiger partial charge in [-0.2, -0.15) is 10.4 Å². The van der Waals surface area contributed by atoms with Crippen LogP contribution in [-0.4, -0.2) is 33.8 Å². The summed E-state index contributed by atoms with van der Waals surface area (Å²) in [5.74, 6) is 0. The van der Waals surface area contributed by atoms with Gasteiger partial charge in [0.15, 0.2) is 5.70 Å². The van der Waals surface area contributed by atoms with Gasteiger partial charge in [0.25, 0.3) is 0 Å². The molecule has 0 saturated heterocycles. The molecule has 1 aromatic heterocycles. The maximum atomic E-state index is 8.71. The van der Waals surface area contributed by atoms with Gasteiger partial charge in [-0.25, -0.2) is 9.67 Å². The summed E-state index contributed by atoms with van der Waals surface area (Å²) >= 11 is 0. The van der Waals surface area contributed by atoms with E-state index in [9.17, 15) is 0 Å². The molecule has 0 amide bonds. The van der Waals surface area contributed by atoms with Crippen LogP contribution in [0.25, 0.3) is 5.70 Å². The summed E-state index contributed by atoms with van der Waals surface area (Å²) < 4.78 is 1.42.